The molecular formula is C33H48N6O4. The van der Waals surface area contributed by atoms with Crippen LogP contribution in [-0.4, -0.2) is 55.7 Å². The zero-order valence-electron chi connectivity index (χ0n) is 25.4. The number of hydrogen-bond donors (Lipinski definition) is 5. The number of ketones is 1. The number of hydrazine groups is 1. The van der Waals surface area contributed by atoms with Crippen molar-refractivity contribution >= 4 is 29.2 Å². The zero-order chi connectivity index (χ0) is 30.9. The number of Topliss-reactive ketones (excluding diaryl/α,β-unsaturated/α-hetero) is 1. The van der Waals surface area contributed by atoms with Crippen LogP contribution in [0.4, 0.5) is 5.69 Å². The van der Waals surface area contributed by atoms with Gasteiger partial charge in [0.25, 0.3) is 5.91 Å². The summed E-state index contributed by atoms with van der Waals surface area (Å²) in [5.41, 5.74) is 10.2. The number of carbonyl (C=O) groups excluding carboxylic acids is 4. The number of hydrogen-bond acceptors (Lipinski definition) is 7. The number of anilines is 1. The molecule has 0 radical (unpaired) electrons. The average Bonchev–Trinajstić information content (AvgIpc) is 3.04. The predicted octanol–water partition coefficient (Wildman–Crippen LogP) is 2.97. The molecule has 0 aromatic heterocycles. The van der Waals surface area contributed by atoms with E-state index < -0.39 is 23.8 Å². The van der Waals surface area contributed by atoms with Crippen LogP contribution in [-0.2, 0) is 25.7 Å². The van der Waals surface area contributed by atoms with Crippen LogP contribution < -0.4 is 32.1 Å². The van der Waals surface area contributed by atoms with Gasteiger partial charge in [-0.3, -0.25) is 29.6 Å². The van der Waals surface area contributed by atoms with E-state index in [2.05, 4.69) is 21.4 Å². The van der Waals surface area contributed by atoms with Gasteiger partial charge >= 0.3 is 0 Å². The van der Waals surface area contributed by atoms with Crippen LogP contribution in [0, 0.1) is 5.92 Å². The summed E-state index contributed by atoms with van der Waals surface area (Å²) in [7, 11) is 1.76. The first kappa shape index (κ1) is 33.7. The minimum absolute atomic E-state index is 0.107. The Balaban J connectivity index is 1.63. The van der Waals surface area contributed by atoms with Crippen molar-refractivity contribution in [2.45, 2.75) is 82.8 Å². The SMILES string of the molecule is CN(NC(=O)CC[C@H](NCC1CCCCC1)C(=O)N[C@@H](CCCCN)C(=O)C(=O)NCc1ccccc1)c1ccccc1. The number of benzene rings is 2. The molecule has 1 aliphatic rings. The maximum absolute atomic E-state index is 13.6. The highest BCUT2D eigenvalue weighted by Crippen LogP contribution is 2.23. The van der Waals surface area contributed by atoms with Gasteiger partial charge in [0, 0.05) is 20.0 Å². The van der Waals surface area contributed by atoms with Crippen LogP contribution in [0.3, 0.4) is 0 Å². The van der Waals surface area contributed by atoms with E-state index in [0.29, 0.717) is 38.3 Å². The van der Waals surface area contributed by atoms with Crippen molar-refractivity contribution in [2.24, 2.45) is 11.7 Å². The van der Waals surface area contributed by atoms with Gasteiger partial charge in [-0.05, 0) is 75.2 Å². The maximum atomic E-state index is 13.6. The van der Waals surface area contributed by atoms with Crippen LogP contribution in [0.15, 0.2) is 60.7 Å². The number of amides is 3. The Labute approximate surface area is 255 Å². The lowest BCUT2D eigenvalue weighted by Crippen LogP contribution is -2.53. The van der Waals surface area contributed by atoms with Gasteiger partial charge < -0.3 is 21.7 Å². The molecule has 0 aliphatic heterocycles. The lowest BCUT2D eigenvalue weighted by atomic mass is 9.89. The first-order chi connectivity index (χ1) is 20.9. The minimum Gasteiger partial charge on any atom is -0.345 e. The van der Waals surface area contributed by atoms with Crippen molar-refractivity contribution in [3.8, 4) is 0 Å². The molecule has 2 aromatic carbocycles. The highest BCUT2D eigenvalue weighted by Gasteiger charge is 2.30. The third-order valence-electron chi connectivity index (χ3n) is 7.89. The third-order valence-corrected chi connectivity index (χ3v) is 7.89. The molecule has 234 valence electrons. The summed E-state index contributed by atoms with van der Waals surface area (Å²) >= 11 is 0. The number of unbranched alkanes of at least 4 members (excludes halogenated alkanes) is 1. The fraction of sp³-hybridized carbons (Fsp3) is 0.515. The number of rotatable bonds is 18. The van der Waals surface area contributed by atoms with E-state index in [9.17, 15) is 19.2 Å². The standard InChI is InChI=1S/C33H48N6O4/c1-39(27-17-9-4-10-18-27)38-30(40)21-20-29(35-23-25-13-5-2-6-14-25)32(42)37-28(19-11-12-22-34)31(41)33(43)36-24-26-15-7-3-8-16-26/h3-4,7-10,15-18,25,28-29,35H,2,5-6,11-14,19-24,34H2,1H3,(H,36,43)(H,37,42)(H,38,40)/t28-,29-/m0/s1. The molecule has 0 heterocycles. The molecule has 43 heavy (non-hydrogen) atoms. The Morgan fingerprint density at radius 1 is 0.884 bits per heavy atom. The smallest absolute Gasteiger partial charge is 0.289 e. The van der Waals surface area contributed by atoms with Gasteiger partial charge in [0.15, 0.2) is 0 Å². The molecule has 2 aromatic rings. The van der Waals surface area contributed by atoms with Gasteiger partial charge in [-0.25, -0.2) is 0 Å². The molecule has 10 nitrogen and oxygen atoms in total. The van der Waals surface area contributed by atoms with Crippen molar-refractivity contribution in [3.63, 3.8) is 0 Å². The van der Waals surface area contributed by atoms with Crippen molar-refractivity contribution in [3.05, 3.63) is 66.2 Å². The van der Waals surface area contributed by atoms with Crippen molar-refractivity contribution in [1.29, 1.82) is 0 Å². The number of nitrogens with two attached hydrogens (primary N) is 1. The number of carbonyl (C=O) groups is 4. The quantitative estimate of drug-likeness (QED) is 0.102. The van der Waals surface area contributed by atoms with Crippen molar-refractivity contribution in [2.75, 3.05) is 25.1 Å². The minimum atomic E-state index is -0.980. The highest BCUT2D eigenvalue weighted by atomic mass is 16.2. The number of nitrogens with zero attached hydrogens (tertiary/aromatic N) is 1. The summed E-state index contributed by atoms with van der Waals surface area (Å²) in [5, 5.41) is 10.5. The van der Waals surface area contributed by atoms with Crippen LogP contribution in [0.5, 0.6) is 0 Å². The Hall–Kier alpha value is -3.76. The molecule has 1 aliphatic carbocycles. The summed E-state index contributed by atoms with van der Waals surface area (Å²) in [6.45, 7) is 1.33. The predicted molar refractivity (Wildman–Crippen MR) is 169 cm³/mol. The van der Waals surface area contributed by atoms with Gasteiger partial charge in [0.05, 0.1) is 17.8 Å². The molecule has 0 bridgehead atoms. The first-order valence-corrected chi connectivity index (χ1v) is 15.6. The normalized spacial score (nSPS) is 14.7. The van der Waals surface area contributed by atoms with Gasteiger partial charge in [-0.2, -0.15) is 0 Å². The van der Waals surface area contributed by atoms with Crippen LogP contribution >= 0.6 is 0 Å². The average molecular weight is 593 g/mol. The van der Waals surface area contributed by atoms with E-state index in [1.807, 2.05) is 60.7 Å². The second kappa shape index (κ2) is 18.7. The molecule has 6 N–H and O–H groups in total. The topological polar surface area (TPSA) is 146 Å². The van der Waals surface area contributed by atoms with Crippen LogP contribution in [0.2, 0.25) is 0 Å². The maximum Gasteiger partial charge on any atom is 0.289 e. The lowest BCUT2D eigenvalue weighted by molar-refractivity contribution is -0.140. The summed E-state index contributed by atoms with van der Waals surface area (Å²) < 4.78 is 0. The van der Waals surface area contributed by atoms with E-state index in [1.165, 1.54) is 19.3 Å². The number of nitrogens with one attached hydrogen (secondary N) is 4. The zero-order valence-corrected chi connectivity index (χ0v) is 25.4. The molecule has 3 rings (SSSR count). The Morgan fingerprint density at radius 2 is 1.56 bits per heavy atom. The largest absolute Gasteiger partial charge is 0.345 e. The van der Waals surface area contributed by atoms with E-state index in [1.54, 1.807) is 12.1 Å². The highest BCUT2D eigenvalue weighted by molar-refractivity contribution is 6.38. The monoisotopic (exact) mass is 592 g/mol. The van der Waals surface area contributed by atoms with Gasteiger partial charge in [-0.1, -0.05) is 67.8 Å². The fourth-order valence-corrected chi connectivity index (χ4v) is 5.32. The molecular weight excluding hydrogens is 544 g/mol. The van der Waals surface area contributed by atoms with Gasteiger partial charge in [0.1, 0.15) is 0 Å². The van der Waals surface area contributed by atoms with Crippen molar-refractivity contribution < 1.29 is 19.2 Å². The summed E-state index contributed by atoms with van der Waals surface area (Å²) in [5.74, 6) is -1.57. The fourth-order valence-electron chi connectivity index (χ4n) is 5.32. The van der Waals surface area contributed by atoms with Gasteiger partial charge in [0.2, 0.25) is 17.6 Å². The molecule has 10 heteroatoms. The van der Waals surface area contributed by atoms with Crippen molar-refractivity contribution in [1.82, 2.24) is 21.4 Å². The van der Waals surface area contributed by atoms with E-state index in [0.717, 1.165) is 24.1 Å². The Bertz CT molecular complexity index is 1140. The Kier molecular flexibility index (Phi) is 14.7. The lowest BCUT2D eigenvalue weighted by Gasteiger charge is -2.27. The van der Waals surface area contributed by atoms with Crippen LogP contribution in [0.25, 0.3) is 0 Å². The van der Waals surface area contributed by atoms with Crippen LogP contribution in [0.1, 0.15) is 69.8 Å². The van der Waals surface area contributed by atoms with Gasteiger partial charge in [-0.15, -0.1) is 0 Å². The van der Waals surface area contributed by atoms with E-state index >= 15 is 0 Å². The molecule has 2 atom stereocenters. The second-order valence-electron chi connectivity index (χ2n) is 11.3. The third kappa shape index (κ3) is 12.2. The first-order valence-electron chi connectivity index (χ1n) is 15.6. The van der Waals surface area contributed by atoms with E-state index in [-0.39, 0.29) is 31.2 Å². The molecule has 0 unspecified atom stereocenters. The summed E-state index contributed by atoms with van der Waals surface area (Å²) in [6.07, 6.45) is 7.70. The second-order valence-corrected chi connectivity index (χ2v) is 11.3. The molecule has 0 saturated heterocycles. The summed E-state index contributed by atoms with van der Waals surface area (Å²) in [4.78, 5) is 52.4. The molecule has 0 spiro atoms. The molecule has 3 amide bonds. The summed E-state index contributed by atoms with van der Waals surface area (Å²) in [6, 6.07) is 17.1. The molecule has 1 saturated carbocycles. The van der Waals surface area contributed by atoms with E-state index in [4.69, 9.17) is 5.73 Å². The Morgan fingerprint density at radius 3 is 2.23 bits per heavy atom. The molecule has 1 fully saturated rings. The number of para-hydroxylation sites is 1.